The van der Waals surface area contributed by atoms with Gasteiger partial charge >= 0.3 is 6.61 Å². The van der Waals surface area contributed by atoms with Crippen molar-refractivity contribution in [3.05, 3.63) is 77.1 Å². The maximum atomic E-state index is 13.6. The Kier molecular flexibility index (Phi) is 5.94. The minimum absolute atomic E-state index is 0.0200. The summed E-state index contributed by atoms with van der Waals surface area (Å²) in [5.74, 6) is -1.10. The molecule has 0 unspecified atom stereocenters. The monoisotopic (exact) mass is 479 g/mol. The Labute approximate surface area is 200 Å². The lowest BCUT2D eigenvalue weighted by molar-refractivity contribution is -0.0498. The predicted molar refractivity (Wildman–Crippen MR) is 126 cm³/mol. The Morgan fingerprint density at radius 3 is 2.43 bits per heavy atom. The molecule has 2 aliphatic rings. The molecular weight excluding hydrogens is 456 g/mol. The van der Waals surface area contributed by atoms with Crippen molar-refractivity contribution in [2.24, 2.45) is 5.73 Å². The number of halogens is 2. The first-order valence-electron chi connectivity index (χ1n) is 11.3. The van der Waals surface area contributed by atoms with Crippen LogP contribution in [0.25, 0.3) is 11.4 Å². The summed E-state index contributed by atoms with van der Waals surface area (Å²) in [6, 6.07) is 13.4. The Morgan fingerprint density at radius 2 is 1.80 bits per heavy atom. The van der Waals surface area contributed by atoms with Gasteiger partial charge in [-0.2, -0.15) is 13.9 Å². The highest BCUT2D eigenvalue weighted by Crippen LogP contribution is 2.30. The van der Waals surface area contributed by atoms with Gasteiger partial charge in [0.2, 0.25) is 0 Å². The maximum absolute atomic E-state index is 13.6. The summed E-state index contributed by atoms with van der Waals surface area (Å²) in [5, 5.41) is 7.68. The van der Waals surface area contributed by atoms with E-state index in [0.29, 0.717) is 24.2 Å². The van der Waals surface area contributed by atoms with E-state index >= 15 is 0 Å². The number of rotatable bonds is 6. The molecule has 2 aromatic carbocycles. The van der Waals surface area contributed by atoms with Crippen LogP contribution in [0.15, 0.2) is 54.6 Å². The summed E-state index contributed by atoms with van der Waals surface area (Å²) in [6.45, 7) is -1.66. The number of benzene rings is 2. The molecule has 0 radical (unpaired) electrons. The van der Waals surface area contributed by atoms with Crippen molar-refractivity contribution in [3.8, 4) is 11.4 Å². The summed E-state index contributed by atoms with van der Waals surface area (Å²) < 4.78 is 30.7. The number of aromatic nitrogens is 2. The van der Waals surface area contributed by atoms with Crippen molar-refractivity contribution in [3.63, 3.8) is 0 Å². The number of carbonyl (C=O) groups excluding carboxylic acids is 2. The van der Waals surface area contributed by atoms with Gasteiger partial charge in [0.25, 0.3) is 11.8 Å². The van der Waals surface area contributed by atoms with Crippen molar-refractivity contribution < 1.29 is 23.1 Å². The molecule has 2 amide bonds. The second kappa shape index (κ2) is 9.21. The Bertz CT molecular complexity index is 1300. The molecular formula is C25H23F2N5O3. The summed E-state index contributed by atoms with van der Waals surface area (Å²) >= 11 is 0. The van der Waals surface area contributed by atoms with Crippen LogP contribution in [0.4, 0.5) is 14.5 Å². The number of nitrogens with zero attached hydrogens (tertiary/aromatic N) is 3. The first-order chi connectivity index (χ1) is 16.9. The van der Waals surface area contributed by atoms with Gasteiger partial charge in [-0.15, -0.1) is 0 Å². The van der Waals surface area contributed by atoms with Gasteiger partial charge in [-0.25, -0.2) is 4.68 Å². The molecule has 3 aromatic rings. The molecule has 3 heterocycles. The molecule has 8 nitrogen and oxygen atoms in total. The third-order valence-corrected chi connectivity index (χ3v) is 6.09. The lowest BCUT2D eigenvalue weighted by Crippen LogP contribution is -2.39. The number of amides is 2. The van der Waals surface area contributed by atoms with Gasteiger partial charge in [0, 0.05) is 30.0 Å². The van der Waals surface area contributed by atoms with E-state index in [0.717, 1.165) is 36.3 Å². The SMILES string of the molecule is NC(=O)c1nn(-c2ccc(OC(F)F)cc2)c2c1CCN(c1ccc(C3=CCCCN3)cc1)C2=O. The van der Waals surface area contributed by atoms with Crippen molar-refractivity contribution in [1.82, 2.24) is 15.1 Å². The number of carbonyl (C=O) groups is 2. The highest BCUT2D eigenvalue weighted by molar-refractivity contribution is 6.09. The first-order valence-corrected chi connectivity index (χ1v) is 11.3. The normalized spacial score (nSPS) is 15.5. The van der Waals surface area contributed by atoms with Crippen LogP contribution >= 0.6 is 0 Å². The highest BCUT2D eigenvalue weighted by Gasteiger charge is 2.34. The van der Waals surface area contributed by atoms with Gasteiger partial charge in [-0.1, -0.05) is 18.2 Å². The van der Waals surface area contributed by atoms with Gasteiger partial charge < -0.3 is 20.7 Å². The third-order valence-electron chi connectivity index (χ3n) is 6.09. The van der Waals surface area contributed by atoms with E-state index in [4.69, 9.17) is 5.73 Å². The minimum Gasteiger partial charge on any atom is -0.435 e. The van der Waals surface area contributed by atoms with Crippen molar-refractivity contribution in [2.45, 2.75) is 25.9 Å². The van der Waals surface area contributed by atoms with Crippen LogP contribution in [0.1, 0.15) is 44.9 Å². The summed E-state index contributed by atoms with van der Waals surface area (Å²) in [7, 11) is 0. The third kappa shape index (κ3) is 4.34. The molecule has 3 N–H and O–H groups in total. The molecule has 0 saturated carbocycles. The molecule has 0 fully saturated rings. The minimum atomic E-state index is -2.95. The van der Waals surface area contributed by atoms with E-state index in [9.17, 15) is 18.4 Å². The number of nitrogens with two attached hydrogens (primary N) is 1. The van der Waals surface area contributed by atoms with Crippen LogP contribution in [0, 0.1) is 0 Å². The Hall–Kier alpha value is -4.21. The molecule has 10 heteroatoms. The van der Waals surface area contributed by atoms with E-state index in [1.54, 1.807) is 4.90 Å². The zero-order valence-electron chi connectivity index (χ0n) is 18.7. The van der Waals surface area contributed by atoms with Crippen molar-refractivity contribution in [2.75, 3.05) is 18.0 Å². The number of hydrogen-bond acceptors (Lipinski definition) is 5. The van der Waals surface area contributed by atoms with Crippen molar-refractivity contribution >= 4 is 23.2 Å². The second-order valence-corrected chi connectivity index (χ2v) is 8.26. The van der Waals surface area contributed by atoms with Crippen LogP contribution < -0.4 is 20.7 Å². The van der Waals surface area contributed by atoms with Gasteiger partial charge in [0.15, 0.2) is 5.69 Å². The molecule has 180 valence electrons. The second-order valence-electron chi connectivity index (χ2n) is 8.26. The average molecular weight is 479 g/mol. The molecule has 0 bridgehead atoms. The lowest BCUT2D eigenvalue weighted by Gasteiger charge is -2.28. The number of anilines is 1. The van der Waals surface area contributed by atoms with Crippen LogP contribution in [0.3, 0.4) is 0 Å². The summed E-state index contributed by atoms with van der Waals surface area (Å²) in [5.41, 5.74) is 9.50. The number of primary amides is 1. The fourth-order valence-corrected chi connectivity index (χ4v) is 4.44. The van der Waals surface area contributed by atoms with Gasteiger partial charge in [-0.05, 0) is 61.2 Å². The van der Waals surface area contributed by atoms with E-state index in [1.165, 1.54) is 28.9 Å². The molecule has 0 aliphatic carbocycles. The number of ether oxygens (including phenoxy) is 1. The fourth-order valence-electron chi connectivity index (χ4n) is 4.44. The Balaban J connectivity index is 1.48. The maximum Gasteiger partial charge on any atom is 0.387 e. The van der Waals surface area contributed by atoms with Crippen LogP contribution in [0.2, 0.25) is 0 Å². The van der Waals surface area contributed by atoms with E-state index in [1.807, 2.05) is 24.3 Å². The first kappa shape index (κ1) is 22.6. The smallest absolute Gasteiger partial charge is 0.387 e. The molecule has 0 atom stereocenters. The number of fused-ring (bicyclic) bond motifs is 1. The molecule has 5 rings (SSSR count). The number of hydrogen-bond donors (Lipinski definition) is 2. The van der Waals surface area contributed by atoms with Crippen LogP contribution in [-0.2, 0) is 6.42 Å². The van der Waals surface area contributed by atoms with Gasteiger partial charge in [-0.3, -0.25) is 9.59 Å². The fraction of sp³-hybridized carbons (Fsp3) is 0.240. The summed E-state index contributed by atoms with van der Waals surface area (Å²) in [4.78, 5) is 27.3. The standard InChI is InChI=1S/C25H23F2N5O3/c26-25(27)35-18-10-8-17(9-11-18)32-22-19(21(30-32)23(28)33)12-14-31(24(22)34)16-6-4-15(5-7-16)20-3-1-2-13-29-20/h3-11,25,29H,1-2,12-14H2,(H2,28,33). The molecule has 0 saturated heterocycles. The summed E-state index contributed by atoms with van der Waals surface area (Å²) in [6.07, 6.45) is 4.69. The zero-order chi connectivity index (χ0) is 24.5. The van der Waals surface area contributed by atoms with E-state index < -0.39 is 12.5 Å². The average Bonchev–Trinajstić information content (AvgIpc) is 3.26. The molecule has 2 aliphatic heterocycles. The molecule has 0 spiro atoms. The number of alkyl halides is 2. The van der Waals surface area contributed by atoms with Crippen LogP contribution in [0.5, 0.6) is 5.75 Å². The van der Waals surface area contributed by atoms with E-state index in [2.05, 4.69) is 21.2 Å². The molecule has 35 heavy (non-hydrogen) atoms. The van der Waals surface area contributed by atoms with Crippen LogP contribution in [-0.4, -0.2) is 41.3 Å². The van der Waals surface area contributed by atoms with Gasteiger partial charge in [0.05, 0.1) is 5.69 Å². The number of allylic oxidation sites excluding steroid dienone is 1. The molecule has 1 aromatic heterocycles. The van der Waals surface area contributed by atoms with E-state index in [-0.39, 0.29) is 23.0 Å². The largest absolute Gasteiger partial charge is 0.435 e. The topological polar surface area (TPSA) is 102 Å². The highest BCUT2D eigenvalue weighted by atomic mass is 19.3. The predicted octanol–water partition coefficient (Wildman–Crippen LogP) is 3.50. The number of nitrogens with one attached hydrogen (secondary N) is 1. The Morgan fingerprint density at radius 1 is 1.09 bits per heavy atom. The van der Waals surface area contributed by atoms with Gasteiger partial charge in [0.1, 0.15) is 11.4 Å². The van der Waals surface area contributed by atoms with Crippen molar-refractivity contribution in [1.29, 1.82) is 0 Å². The zero-order valence-corrected chi connectivity index (χ0v) is 18.7. The quantitative estimate of drug-likeness (QED) is 0.564. The lowest BCUT2D eigenvalue weighted by atomic mass is 10.0.